The average molecular weight is 347 g/mol. The van der Waals surface area contributed by atoms with Gasteiger partial charge in [-0.2, -0.15) is 0 Å². The molecule has 2 aromatic rings. The Morgan fingerprint density at radius 3 is 2.68 bits per heavy atom. The highest BCUT2D eigenvalue weighted by molar-refractivity contribution is 5.86. The first-order valence-electron chi connectivity index (χ1n) is 8.06. The molecular weight excluding hydrogens is 326 g/mol. The quantitative estimate of drug-likeness (QED) is 0.744. The third-order valence-corrected chi connectivity index (χ3v) is 3.80. The van der Waals surface area contributed by atoms with E-state index in [-0.39, 0.29) is 0 Å². The van der Waals surface area contributed by atoms with E-state index in [9.17, 15) is 14.4 Å². The van der Waals surface area contributed by atoms with E-state index < -0.39 is 29.6 Å². The molecule has 7 nitrogen and oxygen atoms in total. The third kappa shape index (κ3) is 4.59. The van der Waals surface area contributed by atoms with Crippen molar-refractivity contribution in [3.63, 3.8) is 0 Å². The Bertz CT molecular complexity index is 841. The molecule has 2 atom stereocenters. The van der Waals surface area contributed by atoms with Crippen LogP contribution in [0.5, 0.6) is 5.75 Å². The van der Waals surface area contributed by atoms with E-state index in [1.165, 1.54) is 19.1 Å². The summed E-state index contributed by atoms with van der Waals surface area (Å²) < 4.78 is 10.7. The molecule has 0 bridgehead atoms. The molecule has 0 saturated heterocycles. The van der Waals surface area contributed by atoms with Gasteiger partial charge in [0.05, 0.1) is 0 Å². The number of ether oxygens (including phenoxy) is 1. The molecule has 0 aliphatic carbocycles. The van der Waals surface area contributed by atoms with Crippen LogP contribution in [-0.4, -0.2) is 29.1 Å². The number of aliphatic carboxylic acids is 1. The Morgan fingerprint density at radius 1 is 1.32 bits per heavy atom. The lowest BCUT2D eigenvalue weighted by Crippen LogP contribution is -2.46. The number of rotatable bonds is 7. The summed E-state index contributed by atoms with van der Waals surface area (Å²) in [5.74, 6) is -1.25. The van der Waals surface area contributed by atoms with Gasteiger partial charge in [0, 0.05) is 17.5 Å². The summed E-state index contributed by atoms with van der Waals surface area (Å²) in [4.78, 5) is 34.7. The van der Waals surface area contributed by atoms with Crippen molar-refractivity contribution >= 4 is 22.8 Å². The zero-order chi connectivity index (χ0) is 18.6. The first-order chi connectivity index (χ1) is 11.8. The molecule has 0 saturated carbocycles. The molecule has 0 aliphatic rings. The van der Waals surface area contributed by atoms with Gasteiger partial charge in [-0.25, -0.2) is 9.59 Å². The minimum absolute atomic E-state index is 0.341. The van der Waals surface area contributed by atoms with Crippen molar-refractivity contribution in [2.24, 2.45) is 0 Å². The first-order valence-corrected chi connectivity index (χ1v) is 8.06. The summed E-state index contributed by atoms with van der Waals surface area (Å²) in [6.07, 6.45) is 0.0803. The Hall–Kier alpha value is -2.83. The van der Waals surface area contributed by atoms with Gasteiger partial charge in [-0.15, -0.1) is 0 Å². The van der Waals surface area contributed by atoms with Crippen LogP contribution in [-0.2, 0) is 9.59 Å². The topological polar surface area (TPSA) is 106 Å². The van der Waals surface area contributed by atoms with Gasteiger partial charge < -0.3 is 19.6 Å². The number of carbonyl (C=O) groups is 2. The largest absolute Gasteiger partial charge is 0.481 e. The Kier molecular flexibility index (Phi) is 5.80. The van der Waals surface area contributed by atoms with Crippen LogP contribution in [0.4, 0.5) is 0 Å². The second-order valence-corrected chi connectivity index (χ2v) is 5.85. The number of nitrogens with one attached hydrogen (secondary N) is 1. The summed E-state index contributed by atoms with van der Waals surface area (Å²) in [5.41, 5.74) is 0.689. The summed E-state index contributed by atoms with van der Waals surface area (Å²) in [6.45, 7) is 5.17. The highest BCUT2D eigenvalue weighted by atomic mass is 16.5. The third-order valence-electron chi connectivity index (χ3n) is 3.80. The second-order valence-electron chi connectivity index (χ2n) is 5.85. The van der Waals surface area contributed by atoms with Crippen LogP contribution in [0.15, 0.2) is 33.5 Å². The van der Waals surface area contributed by atoms with E-state index in [2.05, 4.69) is 5.32 Å². The fraction of sp³-hybridized carbons (Fsp3) is 0.389. The predicted octanol–water partition coefficient (Wildman–Crippen LogP) is 2.24. The van der Waals surface area contributed by atoms with Crippen LogP contribution in [0.3, 0.4) is 0 Å². The number of benzene rings is 1. The maximum Gasteiger partial charge on any atom is 0.336 e. The number of aryl methyl sites for hydroxylation is 1. The number of hydrogen-bond donors (Lipinski definition) is 2. The minimum atomic E-state index is -1.08. The molecule has 0 fully saturated rings. The molecule has 0 spiro atoms. The predicted molar refractivity (Wildman–Crippen MR) is 91.8 cm³/mol. The maximum atomic E-state index is 12.1. The fourth-order valence-electron chi connectivity index (χ4n) is 2.47. The second kappa shape index (κ2) is 7.83. The lowest BCUT2D eigenvalue weighted by atomic mass is 10.1. The van der Waals surface area contributed by atoms with Gasteiger partial charge in [0.1, 0.15) is 17.4 Å². The molecule has 2 N–H and O–H groups in total. The van der Waals surface area contributed by atoms with Crippen molar-refractivity contribution in [1.82, 2.24) is 5.32 Å². The standard InChI is InChI=1S/C18H21NO6/c1-4-5-14(18(22)23)19-17(21)11(3)24-12-6-7-13-10(2)8-16(20)25-15(13)9-12/h6-9,11,14H,4-5H2,1-3H3,(H,19,21)(H,22,23)/t11-,14-/m1/s1. The number of amides is 1. The first kappa shape index (κ1) is 18.5. The van der Waals surface area contributed by atoms with E-state index >= 15 is 0 Å². The Balaban J connectivity index is 2.13. The smallest absolute Gasteiger partial charge is 0.336 e. The van der Waals surface area contributed by atoms with Crippen molar-refractivity contribution in [3.8, 4) is 5.75 Å². The molecule has 134 valence electrons. The molecule has 0 unspecified atom stereocenters. The Morgan fingerprint density at radius 2 is 2.04 bits per heavy atom. The van der Waals surface area contributed by atoms with Crippen molar-refractivity contribution in [3.05, 3.63) is 40.2 Å². The molecule has 1 heterocycles. The van der Waals surface area contributed by atoms with Crippen molar-refractivity contribution in [2.75, 3.05) is 0 Å². The van der Waals surface area contributed by atoms with Gasteiger partial charge in [-0.3, -0.25) is 4.79 Å². The van der Waals surface area contributed by atoms with Crippen molar-refractivity contribution in [1.29, 1.82) is 0 Å². The summed E-state index contributed by atoms with van der Waals surface area (Å²) in [5, 5.41) is 12.3. The van der Waals surface area contributed by atoms with E-state index in [1.807, 2.05) is 6.92 Å². The van der Waals surface area contributed by atoms with Crippen LogP contribution >= 0.6 is 0 Å². The SMILES string of the molecule is CCC[C@@H](NC(=O)[C@@H](C)Oc1ccc2c(C)cc(=O)oc2c1)C(=O)O. The maximum absolute atomic E-state index is 12.1. The van der Waals surface area contributed by atoms with Gasteiger partial charge in [0.15, 0.2) is 6.10 Å². The van der Waals surface area contributed by atoms with E-state index in [4.69, 9.17) is 14.3 Å². The van der Waals surface area contributed by atoms with Crippen LogP contribution in [0, 0.1) is 6.92 Å². The highest BCUT2D eigenvalue weighted by Crippen LogP contribution is 2.23. The number of fused-ring (bicyclic) bond motifs is 1. The summed E-state index contributed by atoms with van der Waals surface area (Å²) in [7, 11) is 0. The van der Waals surface area contributed by atoms with Crippen molar-refractivity contribution < 1.29 is 23.8 Å². The van der Waals surface area contributed by atoms with E-state index in [1.54, 1.807) is 19.1 Å². The molecule has 0 radical (unpaired) electrons. The number of carboxylic acid groups (broad SMARTS) is 1. The molecule has 7 heteroatoms. The molecule has 0 aliphatic heterocycles. The molecule has 2 rings (SSSR count). The zero-order valence-electron chi connectivity index (χ0n) is 14.4. The van der Waals surface area contributed by atoms with E-state index in [0.29, 0.717) is 24.2 Å². The van der Waals surface area contributed by atoms with Crippen molar-refractivity contribution in [2.45, 2.75) is 45.8 Å². The number of hydrogen-bond acceptors (Lipinski definition) is 5. The van der Waals surface area contributed by atoms with Crippen LogP contribution in [0.2, 0.25) is 0 Å². The molecule has 1 aromatic heterocycles. The lowest BCUT2D eigenvalue weighted by molar-refractivity contribution is -0.143. The highest BCUT2D eigenvalue weighted by Gasteiger charge is 2.23. The van der Waals surface area contributed by atoms with Gasteiger partial charge in [0.25, 0.3) is 5.91 Å². The minimum Gasteiger partial charge on any atom is -0.481 e. The molecule has 1 aromatic carbocycles. The normalized spacial score (nSPS) is 13.2. The van der Waals surface area contributed by atoms with Gasteiger partial charge in [-0.05, 0) is 38.0 Å². The molecular formula is C18H21NO6. The lowest BCUT2D eigenvalue weighted by Gasteiger charge is -2.18. The van der Waals surface area contributed by atoms with Crippen LogP contribution in [0.1, 0.15) is 32.3 Å². The summed E-state index contributed by atoms with van der Waals surface area (Å²) >= 11 is 0. The van der Waals surface area contributed by atoms with Gasteiger partial charge in [0.2, 0.25) is 0 Å². The average Bonchev–Trinajstić information content (AvgIpc) is 2.53. The number of carboxylic acids is 1. The zero-order valence-corrected chi connectivity index (χ0v) is 14.4. The van der Waals surface area contributed by atoms with Gasteiger partial charge in [-0.1, -0.05) is 13.3 Å². The van der Waals surface area contributed by atoms with Gasteiger partial charge >= 0.3 is 11.6 Å². The monoisotopic (exact) mass is 347 g/mol. The van der Waals surface area contributed by atoms with Crippen LogP contribution < -0.4 is 15.7 Å². The summed E-state index contributed by atoms with van der Waals surface area (Å²) in [6, 6.07) is 5.40. The number of carbonyl (C=O) groups excluding carboxylic acids is 1. The Labute approximate surface area is 144 Å². The molecule has 25 heavy (non-hydrogen) atoms. The van der Waals surface area contributed by atoms with Crippen LogP contribution in [0.25, 0.3) is 11.0 Å². The molecule has 1 amide bonds. The van der Waals surface area contributed by atoms with E-state index in [0.717, 1.165) is 10.9 Å². The fourth-order valence-corrected chi connectivity index (χ4v) is 2.47.